The molecule has 1 aromatic carbocycles. The minimum Gasteiger partial charge on any atom is -0.339 e. The van der Waals surface area contributed by atoms with Crippen LogP contribution in [0.15, 0.2) is 58.7 Å². The first-order valence-corrected chi connectivity index (χ1v) is 11.7. The molecule has 0 aliphatic carbocycles. The largest absolute Gasteiger partial charge is 0.339 e. The molecule has 0 spiro atoms. The Kier molecular flexibility index (Phi) is 5.36. The zero-order chi connectivity index (χ0) is 22.2. The fraction of sp³-hybridized carbons (Fsp3) is 0.227. The SMILES string of the molecule is CC1=NCCC(C(=O)Nc2cnc3[nH]c(-c4ccc(NS(C)(=O)=O)cc4)cc3c2)=C1C. The van der Waals surface area contributed by atoms with E-state index in [1.54, 1.807) is 18.3 Å². The molecular weight excluding hydrogens is 414 g/mol. The predicted octanol–water partition coefficient (Wildman–Crippen LogP) is 3.72. The maximum absolute atomic E-state index is 12.7. The molecule has 4 rings (SSSR count). The monoisotopic (exact) mass is 437 g/mol. The lowest BCUT2D eigenvalue weighted by molar-refractivity contribution is -0.113. The number of aromatic nitrogens is 2. The summed E-state index contributed by atoms with van der Waals surface area (Å²) in [7, 11) is -3.32. The van der Waals surface area contributed by atoms with Crippen molar-refractivity contribution >= 4 is 44.1 Å². The van der Waals surface area contributed by atoms with Crippen molar-refractivity contribution in [3.05, 3.63) is 53.7 Å². The molecule has 3 N–H and O–H groups in total. The third-order valence-corrected chi connectivity index (χ3v) is 5.81. The Morgan fingerprint density at radius 1 is 1.10 bits per heavy atom. The first-order valence-electron chi connectivity index (χ1n) is 9.79. The van der Waals surface area contributed by atoms with Crippen LogP contribution in [0.4, 0.5) is 11.4 Å². The number of carbonyl (C=O) groups is 1. The van der Waals surface area contributed by atoms with Crippen LogP contribution in [-0.4, -0.2) is 42.8 Å². The average Bonchev–Trinajstić information content (AvgIpc) is 3.12. The lowest BCUT2D eigenvalue weighted by Gasteiger charge is -2.16. The molecule has 0 unspecified atom stereocenters. The highest BCUT2D eigenvalue weighted by Crippen LogP contribution is 2.27. The van der Waals surface area contributed by atoms with Gasteiger partial charge in [-0.1, -0.05) is 12.1 Å². The van der Waals surface area contributed by atoms with Gasteiger partial charge in [-0.25, -0.2) is 13.4 Å². The van der Waals surface area contributed by atoms with Crippen LogP contribution < -0.4 is 10.0 Å². The number of nitrogens with one attached hydrogen (secondary N) is 3. The summed E-state index contributed by atoms with van der Waals surface area (Å²) >= 11 is 0. The highest BCUT2D eigenvalue weighted by atomic mass is 32.2. The number of fused-ring (bicyclic) bond motifs is 1. The maximum Gasteiger partial charge on any atom is 0.252 e. The molecule has 2 aromatic heterocycles. The molecule has 31 heavy (non-hydrogen) atoms. The standard InChI is InChI=1S/C22H23N5O3S/c1-13-14(2)23-9-8-19(13)22(28)25-18-10-16-11-20(26-21(16)24-12-18)15-4-6-17(7-5-15)27-31(3,29)30/h4-7,10-12,27H,8-9H2,1-3H3,(H,24,26)(H,25,28). The molecule has 1 aliphatic rings. The number of anilines is 2. The van der Waals surface area contributed by atoms with E-state index in [9.17, 15) is 13.2 Å². The van der Waals surface area contributed by atoms with Crippen molar-refractivity contribution in [1.29, 1.82) is 0 Å². The second kappa shape index (κ2) is 7.99. The number of allylic oxidation sites excluding steroid dienone is 1. The van der Waals surface area contributed by atoms with Gasteiger partial charge in [-0.2, -0.15) is 0 Å². The minimum atomic E-state index is -3.32. The van der Waals surface area contributed by atoms with Crippen molar-refractivity contribution in [1.82, 2.24) is 9.97 Å². The quantitative estimate of drug-likeness (QED) is 0.564. The smallest absolute Gasteiger partial charge is 0.252 e. The Morgan fingerprint density at radius 3 is 2.55 bits per heavy atom. The van der Waals surface area contributed by atoms with E-state index >= 15 is 0 Å². The highest BCUT2D eigenvalue weighted by Gasteiger charge is 2.18. The Morgan fingerprint density at radius 2 is 1.84 bits per heavy atom. The second-order valence-corrected chi connectivity index (χ2v) is 9.32. The molecule has 3 aromatic rings. The van der Waals surface area contributed by atoms with Crippen molar-refractivity contribution < 1.29 is 13.2 Å². The fourth-order valence-electron chi connectivity index (χ4n) is 3.52. The van der Waals surface area contributed by atoms with Gasteiger partial charge in [0.25, 0.3) is 5.91 Å². The molecule has 8 nitrogen and oxygen atoms in total. The second-order valence-electron chi connectivity index (χ2n) is 7.57. The van der Waals surface area contributed by atoms with Gasteiger partial charge in [0.15, 0.2) is 0 Å². The molecule has 9 heteroatoms. The molecule has 0 radical (unpaired) electrons. The van der Waals surface area contributed by atoms with Gasteiger partial charge < -0.3 is 10.3 Å². The van der Waals surface area contributed by atoms with Crippen molar-refractivity contribution in [2.24, 2.45) is 4.99 Å². The lowest BCUT2D eigenvalue weighted by atomic mass is 9.99. The number of H-pyrrole nitrogens is 1. The van der Waals surface area contributed by atoms with E-state index in [1.807, 2.05) is 38.1 Å². The number of carbonyl (C=O) groups excluding carboxylic acids is 1. The summed E-state index contributed by atoms with van der Waals surface area (Å²) in [6.07, 6.45) is 3.37. The summed E-state index contributed by atoms with van der Waals surface area (Å²) in [5.41, 5.74) is 6.13. The molecule has 1 aliphatic heterocycles. The number of nitrogens with zero attached hydrogens (tertiary/aromatic N) is 2. The Balaban J connectivity index is 1.55. The summed E-state index contributed by atoms with van der Waals surface area (Å²) in [6.45, 7) is 4.47. The molecule has 160 valence electrons. The summed E-state index contributed by atoms with van der Waals surface area (Å²) < 4.78 is 25.1. The molecule has 0 fully saturated rings. The van der Waals surface area contributed by atoms with Gasteiger partial charge in [-0.05, 0) is 55.7 Å². The molecule has 0 bridgehead atoms. The van der Waals surface area contributed by atoms with E-state index in [1.165, 1.54) is 0 Å². The number of aliphatic imine (C=N–C) groups is 1. The fourth-order valence-corrected chi connectivity index (χ4v) is 4.09. The zero-order valence-electron chi connectivity index (χ0n) is 17.5. The maximum atomic E-state index is 12.7. The molecule has 0 saturated carbocycles. The first kappa shape index (κ1) is 20.8. The number of benzene rings is 1. The summed E-state index contributed by atoms with van der Waals surface area (Å²) in [6, 6.07) is 10.9. The number of pyridine rings is 1. The normalized spacial score (nSPS) is 14.5. The van der Waals surface area contributed by atoms with E-state index in [-0.39, 0.29) is 5.91 Å². The van der Waals surface area contributed by atoms with Crippen LogP contribution in [0.25, 0.3) is 22.3 Å². The van der Waals surface area contributed by atoms with Crippen molar-refractivity contribution in [2.45, 2.75) is 20.3 Å². The van der Waals surface area contributed by atoms with Crippen LogP contribution in [0.3, 0.4) is 0 Å². The van der Waals surface area contributed by atoms with Crippen molar-refractivity contribution in [2.75, 3.05) is 22.8 Å². The van der Waals surface area contributed by atoms with Crippen LogP contribution in [0.2, 0.25) is 0 Å². The molecule has 0 saturated heterocycles. The topological polar surface area (TPSA) is 116 Å². The Bertz CT molecular complexity index is 1340. The third-order valence-electron chi connectivity index (χ3n) is 5.21. The van der Waals surface area contributed by atoms with Gasteiger partial charge >= 0.3 is 0 Å². The van der Waals surface area contributed by atoms with Gasteiger partial charge in [0.2, 0.25) is 10.0 Å². The van der Waals surface area contributed by atoms with Crippen LogP contribution in [0.5, 0.6) is 0 Å². The van der Waals surface area contributed by atoms with Crippen LogP contribution >= 0.6 is 0 Å². The molecule has 1 amide bonds. The molecule has 0 atom stereocenters. The van der Waals surface area contributed by atoms with Gasteiger partial charge in [-0.3, -0.25) is 14.5 Å². The first-order chi connectivity index (χ1) is 14.7. The number of dihydropyridines is 1. The zero-order valence-corrected chi connectivity index (χ0v) is 18.3. The number of hydrogen-bond donors (Lipinski definition) is 3. The number of aromatic amines is 1. The van der Waals surface area contributed by atoms with Crippen molar-refractivity contribution in [3.63, 3.8) is 0 Å². The van der Waals surface area contributed by atoms with E-state index in [2.05, 4.69) is 25.0 Å². The Labute approximate surface area is 180 Å². The van der Waals surface area contributed by atoms with E-state index in [0.29, 0.717) is 30.0 Å². The average molecular weight is 438 g/mol. The Hall–Kier alpha value is -3.46. The third kappa shape index (κ3) is 4.66. The van der Waals surface area contributed by atoms with Gasteiger partial charge in [0, 0.05) is 34.6 Å². The summed E-state index contributed by atoms with van der Waals surface area (Å²) in [5.74, 6) is -0.127. The van der Waals surface area contributed by atoms with E-state index in [0.717, 1.165) is 39.8 Å². The number of rotatable bonds is 5. The van der Waals surface area contributed by atoms with Crippen molar-refractivity contribution in [3.8, 4) is 11.3 Å². The number of amides is 1. The van der Waals surface area contributed by atoms with Crippen LogP contribution in [-0.2, 0) is 14.8 Å². The van der Waals surface area contributed by atoms with Gasteiger partial charge in [0.05, 0.1) is 18.1 Å². The van der Waals surface area contributed by atoms with E-state index < -0.39 is 10.0 Å². The number of sulfonamides is 1. The van der Waals surface area contributed by atoms with Crippen LogP contribution in [0, 0.1) is 0 Å². The number of hydrogen-bond acceptors (Lipinski definition) is 5. The lowest BCUT2D eigenvalue weighted by Crippen LogP contribution is -2.20. The summed E-state index contributed by atoms with van der Waals surface area (Å²) in [5, 5.41) is 3.80. The minimum absolute atomic E-state index is 0.127. The predicted molar refractivity (Wildman–Crippen MR) is 124 cm³/mol. The molecule has 3 heterocycles. The van der Waals surface area contributed by atoms with Gasteiger partial charge in [0.1, 0.15) is 5.65 Å². The molecular formula is C22H23N5O3S. The van der Waals surface area contributed by atoms with Gasteiger partial charge in [-0.15, -0.1) is 0 Å². The highest BCUT2D eigenvalue weighted by molar-refractivity contribution is 7.92. The van der Waals surface area contributed by atoms with E-state index in [4.69, 9.17) is 0 Å². The van der Waals surface area contributed by atoms with Crippen LogP contribution in [0.1, 0.15) is 20.3 Å². The summed E-state index contributed by atoms with van der Waals surface area (Å²) in [4.78, 5) is 24.8.